The molecule has 6 heteroatoms. The van der Waals surface area contributed by atoms with Crippen molar-refractivity contribution in [3.8, 4) is 0 Å². The Labute approximate surface area is 164 Å². The molecule has 1 aromatic carbocycles. The van der Waals surface area contributed by atoms with Crippen LogP contribution in [0.25, 0.3) is 16.6 Å². The van der Waals surface area contributed by atoms with E-state index in [1.165, 1.54) is 10.6 Å². The average Bonchev–Trinajstić information content (AvgIpc) is 2.70. The van der Waals surface area contributed by atoms with Gasteiger partial charge in [0.15, 0.2) is 0 Å². The number of aromatic nitrogens is 2. The molecule has 3 rings (SSSR count). The molecule has 0 fully saturated rings. The van der Waals surface area contributed by atoms with E-state index < -0.39 is 5.97 Å². The molecular weight excluding hydrogens is 354 g/mol. The summed E-state index contributed by atoms with van der Waals surface area (Å²) in [5.74, 6) is -0.117. The summed E-state index contributed by atoms with van der Waals surface area (Å²) in [7, 11) is 0. The lowest BCUT2D eigenvalue weighted by Crippen LogP contribution is -2.28. The molecule has 0 atom stereocenters. The van der Waals surface area contributed by atoms with Gasteiger partial charge in [-0.15, -0.1) is 0 Å². The van der Waals surface area contributed by atoms with E-state index in [9.17, 15) is 9.59 Å². The van der Waals surface area contributed by atoms with E-state index in [-0.39, 0.29) is 5.56 Å². The zero-order valence-corrected chi connectivity index (χ0v) is 16.9. The van der Waals surface area contributed by atoms with Crippen molar-refractivity contribution in [1.82, 2.24) is 14.3 Å². The predicted molar refractivity (Wildman–Crippen MR) is 111 cm³/mol. The van der Waals surface area contributed by atoms with E-state index in [0.29, 0.717) is 41.2 Å². The van der Waals surface area contributed by atoms with Crippen molar-refractivity contribution in [2.24, 2.45) is 0 Å². The standard InChI is InChI=1S/C22H27N3O3/c1-5-24(6-2)11-12-28-22(27)17-8-10-20-23-19-9-7-16(15(3)4)13-18(19)21(26)25(20)14-17/h7-10,13-15H,5-6,11-12H2,1-4H3. The number of benzene rings is 1. The van der Waals surface area contributed by atoms with E-state index in [1.54, 1.807) is 12.1 Å². The minimum atomic E-state index is -0.433. The zero-order valence-electron chi connectivity index (χ0n) is 16.9. The van der Waals surface area contributed by atoms with E-state index >= 15 is 0 Å². The van der Waals surface area contributed by atoms with Crippen molar-refractivity contribution >= 4 is 22.5 Å². The van der Waals surface area contributed by atoms with Gasteiger partial charge in [-0.25, -0.2) is 9.78 Å². The Morgan fingerprint density at radius 1 is 1.18 bits per heavy atom. The van der Waals surface area contributed by atoms with Gasteiger partial charge in [-0.2, -0.15) is 0 Å². The smallest absolute Gasteiger partial charge is 0.339 e. The summed E-state index contributed by atoms with van der Waals surface area (Å²) in [6, 6.07) is 9.09. The van der Waals surface area contributed by atoms with E-state index in [4.69, 9.17) is 4.74 Å². The van der Waals surface area contributed by atoms with Gasteiger partial charge in [-0.1, -0.05) is 33.8 Å². The minimum Gasteiger partial charge on any atom is -0.461 e. The fourth-order valence-electron chi connectivity index (χ4n) is 3.19. The summed E-state index contributed by atoms with van der Waals surface area (Å²) in [6.45, 7) is 11.1. The normalized spacial score (nSPS) is 11.6. The summed E-state index contributed by atoms with van der Waals surface area (Å²) >= 11 is 0. The van der Waals surface area contributed by atoms with Crippen LogP contribution in [0.5, 0.6) is 0 Å². The topological polar surface area (TPSA) is 63.9 Å². The maximum Gasteiger partial charge on any atom is 0.339 e. The Balaban J connectivity index is 1.91. The van der Waals surface area contributed by atoms with Gasteiger partial charge in [-0.3, -0.25) is 9.20 Å². The highest BCUT2D eigenvalue weighted by Gasteiger charge is 2.12. The van der Waals surface area contributed by atoms with Crippen LogP contribution in [0.1, 0.15) is 49.5 Å². The number of nitrogens with zero attached hydrogens (tertiary/aromatic N) is 3. The molecule has 28 heavy (non-hydrogen) atoms. The van der Waals surface area contributed by atoms with Crippen LogP contribution in [0.4, 0.5) is 0 Å². The third-order valence-electron chi connectivity index (χ3n) is 5.07. The van der Waals surface area contributed by atoms with Gasteiger partial charge in [0.2, 0.25) is 0 Å². The van der Waals surface area contributed by atoms with Gasteiger partial charge in [0.1, 0.15) is 12.3 Å². The molecule has 0 spiro atoms. The van der Waals surface area contributed by atoms with Gasteiger partial charge < -0.3 is 9.64 Å². The van der Waals surface area contributed by atoms with E-state index in [1.807, 2.05) is 18.2 Å². The lowest BCUT2D eigenvalue weighted by Gasteiger charge is -2.17. The molecule has 0 saturated carbocycles. The number of pyridine rings is 1. The second-order valence-electron chi connectivity index (χ2n) is 7.16. The van der Waals surface area contributed by atoms with Crippen molar-refractivity contribution in [1.29, 1.82) is 0 Å². The number of ether oxygens (including phenoxy) is 1. The van der Waals surface area contributed by atoms with Crippen LogP contribution in [0.3, 0.4) is 0 Å². The number of fused-ring (bicyclic) bond motifs is 2. The third kappa shape index (κ3) is 4.07. The molecule has 0 aliphatic carbocycles. The second kappa shape index (κ2) is 8.52. The fourth-order valence-corrected chi connectivity index (χ4v) is 3.19. The molecule has 3 aromatic rings. The summed E-state index contributed by atoms with van der Waals surface area (Å²) in [5, 5.41) is 0.552. The Morgan fingerprint density at radius 3 is 2.61 bits per heavy atom. The van der Waals surface area contributed by atoms with Gasteiger partial charge in [-0.05, 0) is 48.8 Å². The van der Waals surface area contributed by atoms with E-state index in [0.717, 1.165) is 18.7 Å². The van der Waals surface area contributed by atoms with Crippen molar-refractivity contribution < 1.29 is 9.53 Å². The first-order valence-corrected chi connectivity index (χ1v) is 9.80. The first-order valence-electron chi connectivity index (χ1n) is 9.80. The van der Waals surface area contributed by atoms with Crippen molar-refractivity contribution in [2.75, 3.05) is 26.2 Å². The molecule has 0 N–H and O–H groups in total. The van der Waals surface area contributed by atoms with Crippen LogP contribution in [-0.2, 0) is 4.74 Å². The first kappa shape index (κ1) is 20.0. The molecule has 0 aliphatic rings. The Hall–Kier alpha value is -2.73. The van der Waals surface area contributed by atoms with Gasteiger partial charge in [0, 0.05) is 12.7 Å². The summed E-state index contributed by atoms with van der Waals surface area (Å²) in [4.78, 5) is 32.1. The van der Waals surface area contributed by atoms with Crippen molar-refractivity contribution in [2.45, 2.75) is 33.6 Å². The highest BCUT2D eigenvalue weighted by Crippen LogP contribution is 2.19. The Bertz CT molecular complexity index is 1050. The molecule has 0 bridgehead atoms. The van der Waals surface area contributed by atoms with Crippen LogP contribution in [-0.4, -0.2) is 46.5 Å². The van der Waals surface area contributed by atoms with Gasteiger partial charge in [0.25, 0.3) is 5.56 Å². The molecule has 0 unspecified atom stereocenters. The van der Waals surface area contributed by atoms with Gasteiger partial charge >= 0.3 is 5.97 Å². The Morgan fingerprint density at radius 2 is 1.93 bits per heavy atom. The Kier molecular flexibility index (Phi) is 6.09. The molecule has 148 valence electrons. The molecule has 6 nitrogen and oxygen atoms in total. The zero-order chi connectivity index (χ0) is 20.3. The van der Waals surface area contributed by atoms with Gasteiger partial charge in [0.05, 0.1) is 16.5 Å². The highest BCUT2D eigenvalue weighted by atomic mass is 16.5. The minimum absolute atomic E-state index is 0.180. The monoisotopic (exact) mass is 381 g/mol. The maximum atomic E-state index is 13.0. The second-order valence-corrected chi connectivity index (χ2v) is 7.16. The summed E-state index contributed by atoms with van der Waals surface area (Å²) in [6.07, 6.45) is 1.52. The lowest BCUT2D eigenvalue weighted by molar-refractivity contribution is 0.0466. The van der Waals surface area contributed by atoms with Crippen molar-refractivity contribution in [3.05, 3.63) is 58.0 Å². The molecule has 2 aromatic heterocycles. The quantitative estimate of drug-likeness (QED) is 0.463. The van der Waals surface area contributed by atoms with Crippen LogP contribution in [0.2, 0.25) is 0 Å². The molecular formula is C22H27N3O3. The molecule has 0 radical (unpaired) electrons. The SMILES string of the molecule is CCN(CC)CCOC(=O)c1ccc2nc3ccc(C(C)C)cc3c(=O)n2c1. The highest BCUT2D eigenvalue weighted by molar-refractivity contribution is 5.89. The summed E-state index contributed by atoms with van der Waals surface area (Å²) in [5.41, 5.74) is 2.41. The van der Waals surface area contributed by atoms with E-state index in [2.05, 4.69) is 37.6 Å². The number of esters is 1. The van der Waals surface area contributed by atoms with Crippen LogP contribution >= 0.6 is 0 Å². The molecule has 0 saturated heterocycles. The summed E-state index contributed by atoms with van der Waals surface area (Å²) < 4.78 is 6.80. The number of carbonyl (C=O) groups excluding carboxylic acids is 1. The largest absolute Gasteiger partial charge is 0.461 e. The fraction of sp³-hybridized carbons (Fsp3) is 0.409. The average molecular weight is 381 g/mol. The number of likely N-dealkylation sites (N-methyl/N-ethyl adjacent to an activating group) is 1. The first-order chi connectivity index (χ1) is 13.4. The van der Waals surface area contributed by atoms with Crippen LogP contribution < -0.4 is 5.56 Å². The number of rotatable bonds is 7. The maximum absolute atomic E-state index is 13.0. The molecule has 0 amide bonds. The molecule has 0 aliphatic heterocycles. The molecule has 2 heterocycles. The van der Waals surface area contributed by atoms with Crippen LogP contribution in [0.15, 0.2) is 41.3 Å². The van der Waals surface area contributed by atoms with Crippen molar-refractivity contribution in [3.63, 3.8) is 0 Å². The van der Waals surface area contributed by atoms with Crippen LogP contribution in [0, 0.1) is 0 Å². The number of hydrogen-bond acceptors (Lipinski definition) is 5. The number of hydrogen-bond donors (Lipinski definition) is 0. The third-order valence-corrected chi connectivity index (χ3v) is 5.07. The predicted octanol–water partition coefficient (Wildman–Crippen LogP) is 3.47. The lowest BCUT2D eigenvalue weighted by atomic mass is 10.0. The number of carbonyl (C=O) groups is 1.